The lowest BCUT2D eigenvalue weighted by Gasteiger charge is -1.93. The predicted octanol–water partition coefficient (Wildman–Crippen LogP) is 0.455. The highest BCUT2D eigenvalue weighted by Crippen LogP contribution is 2.18. The first-order valence-electron chi connectivity index (χ1n) is 3.72. The van der Waals surface area contributed by atoms with Crippen LogP contribution in [0, 0.1) is 0 Å². The van der Waals surface area contributed by atoms with Gasteiger partial charge in [0.15, 0.2) is 0 Å². The van der Waals surface area contributed by atoms with Gasteiger partial charge in [-0.15, -0.1) is 0 Å². The molecule has 0 bridgehead atoms. The lowest BCUT2D eigenvalue weighted by molar-refractivity contribution is -0.133. The fourth-order valence-corrected chi connectivity index (χ4v) is 1.25. The highest BCUT2D eigenvalue weighted by atomic mass is 16.2. The number of carbonyl (C=O) groups excluding carboxylic acids is 2. The van der Waals surface area contributed by atoms with Gasteiger partial charge in [0.25, 0.3) is 11.7 Å². The lowest BCUT2D eigenvalue weighted by atomic mass is 10.1. The van der Waals surface area contributed by atoms with Gasteiger partial charge in [-0.25, -0.2) is 0 Å². The average molecular weight is 161 g/mol. The first-order valence-corrected chi connectivity index (χ1v) is 3.72. The Labute approximate surface area is 69.5 Å². The Balaban J connectivity index is 2.50. The van der Waals surface area contributed by atoms with Crippen LogP contribution in [0.3, 0.4) is 0 Å². The van der Waals surface area contributed by atoms with Crippen molar-refractivity contribution in [3.8, 4) is 0 Å². The number of amides is 1. The second-order valence-corrected chi connectivity index (χ2v) is 2.65. The van der Waals surface area contributed by atoms with Crippen molar-refractivity contribution in [2.24, 2.45) is 0 Å². The quantitative estimate of drug-likeness (QED) is 0.524. The van der Waals surface area contributed by atoms with E-state index in [4.69, 9.17) is 0 Å². The van der Waals surface area contributed by atoms with Crippen LogP contribution in [0.2, 0.25) is 0 Å². The molecule has 60 valence electrons. The van der Waals surface area contributed by atoms with Crippen molar-refractivity contribution >= 4 is 11.7 Å². The number of hydrogen-bond donors (Lipinski definition) is 1. The number of fused-ring (bicyclic) bond motifs is 1. The van der Waals surface area contributed by atoms with Crippen LogP contribution in [-0.2, 0) is 9.59 Å². The molecule has 1 amide bonds. The van der Waals surface area contributed by atoms with Gasteiger partial charge < -0.3 is 5.32 Å². The third-order valence-corrected chi connectivity index (χ3v) is 1.85. The van der Waals surface area contributed by atoms with E-state index in [1.54, 1.807) is 12.2 Å². The van der Waals surface area contributed by atoms with Crippen LogP contribution in [0.25, 0.3) is 0 Å². The highest BCUT2D eigenvalue weighted by Gasteiger charge is 2.30. The molecule has 2 aliphatic rings. The highest BCUT2D eigenvalue weighted by molar-refractivity contribution is 6.47. The van der Waals surface area contributed by atoms with Crippen molar-refractivity contribution in [1.29, 1.82) is 0 Å². The molecule has 0 aromatic carbocycles. The van der Waals surface area contributed by atoms with E-state index in [1.165, 1.54) is 0 Å². The summed E-state index contributed by atoms with van der Waals surface area (Å²) < 4.78 is 0. The molecule has 1 aliphatic carbocycles. The summed E-state index contributed by atoms with van der Waals surface area (Å²) in [5.74, 6) is -0.962. The molecular formula is C9H7NO2. The second-order valence-electron chi connectivity index (χ2n) is 2.65. The maximum atomic E-state index is 11.1. The summed E-state index contributed by atoms with van der Waals surface area (Å²) in [7, 11) is 0. The Kier molecular flexibility index (Phi) is 1.43. The van der Waals surface area contributed by atoms with Gasteiger partial charge in [-0.1, -0.05) is 18.2 Å². The third-order valence-electron chi connectivity index (χ3n) is 1.85. The molecule has 3 heteroatoms. The van der Waals surface area contributed by atoms with Crippen molar-refractivity contribution in [1.82, 2.24) is 5.32 Å². The lowest BCUT2D eigenvalue weighted by Crippen LogP contribution is -2.17. The number of carbonyl (C=O) groups is 2. The van der Waals surface area contributed by atoms with Crippen LogP contribution in [-0.4, -0.2) is 11.7 Å². The molecule has 0 unspecified atom stereocenters. The van der Waals surface area contributed by atoms with E-state index >= 15 is 0 Å². The molecule has 0 aromatic rings. The zero-order valence-electron chi connectivity index (χ0n) is 6.33. The summed E-state index contributed by atoms with van der Waals surface area (Å²) >= 11 is 0. The normalized spacial score (nSPS) is 21.0. The molecule has 0 radical (unpaired) electrons. The van der Waals surface area contributed by atoms with Gasteiger partial charge in [0.2, 0.25) is 0 Å². The Bertz CT molecular complexity index is 348. The molecule has 1 fully saturated rings. The van der Waals surface area contributed by atoms with Crippen LogP contribution < -0.4 is 5.32 Å². The molecule has 1 N–H and O–H groups in total. The minimum Gasteiger partial charge on any atom is -0.319 e. The summed E-state index contributed by atoms with van der Waals surface area (Å²) in [5.41, 5.74) is 1.13. The summed E-state index contributed by atoms with van der Waals surface area (Å²) in [4.78, 5) is 22.0. The number of nitrogens with one attached hydrogen (secondary N) is 1. The topological polar surface area (TPSA) is 46.2 Å². The second kappa shape index (κ2) is 2.44. The molecule has 1 saturated heterocycles. The van der Waals surface area contributed by atoms with Gasteiger partial charge in [0.1, 0.15) is 0 Å². The Hall–Kier alpha value is -1.64. The Morgan fingerprint density at radius 3 is 3.00 bits per heavy atom. The zero-order valence-corrected chi connectivity index (χ0v) is 6.33. The molecule has 2 rings (SSSR count). The van der Waals surface area contributed by atoms with Gasteiger partial charge in [0, 0.05) is 5.70 Å². The van der Waals surface area contributed by atoms with E-state index in [0.717, 1.165) is 6.42 Å². The number of rotatable bonds is 0. The van der Waals surface area contributed by atoms with Crippen LogP contribution in [0.4, 0.5) is 0 Å². The van der Waals surface area contributed by atoms with E-state index in [-0.39, 0.29) is 0 Å². The molecule has 0 atom stereocenters. The molecule has 0 spiro atoms. The van der Waals surface area contributed by atoms with E-state index in [9.17, 15) is 9.59 Å². The summed E-state index contributed by atoms with van der Waals surface area (Å²) in [5, 5.41) is 2.51. The molecule has 1 heterocycles. The largest absolute Gasteiger partial charge is 0.319 e. The van der Waals surface area contributed by atoms with Gasteiger partial charge in [-0.2, -0.15) is 0 Å². The Morgan fingerprint density at radius 2 is 2.17 bits per heavy atom. The molecule has 3 nitrogen and oxygen atoms in total. The third kappa shape index (κ3) is 0.906. The van der Waals surface area contributed by atoms with E-state index < -0.39 is 11.7 Å². The van der Waals surface area contributed by atoms with Gasteiger partial charge in [-0.3, -0.25) is 9.59 Å². The number of allylic oxidation sites excluding steroid dienone is 5. The molecule has 12 heavy (non-hydrogen) atoms. The van der Waals surface area contributed by atoms with Crippen molar-refractivity contribution < 1.29 is 9.59 Å². The average Bonchev–Trinajstić information content (AvgIpc) is 2.30. The van der Waals surface area contributed by atoms with Gasteiger partial charge in [0.05, 0.1) is 5.57 Å². The van der Waals surface area contributed by atoms with E-state index in [0.29, 0.717) is 11.3 Å². The predicted molar refractivity (Wildman–Crippen MR) is 43.1 cm³/mol. The van der Waals surface area contributed by atoms with Crippen molar-refractivity contribution in [3.63, 3.8) is 0 Å². The van der Waals surface area contributed by atoms with Gasteiger partial charge >= 0.3 is 0 Å². The van der Waals surface area contributed by atoms with E-state index in [2.05, 4.69) is 5.32 Å². The minimum atomic E-state index is -0.525. The zero-order chi connectivity index (χ0) is 8.55. The maximum Gasteiger partial charge on any atom is 0.296 e. The van der Waals surface area contributed by atoms with E-state index in [1.807, 2.05) is 12.2 Å². The monoisotopic (exact) mass is 161 g/mol. The Morgan fingerprint density at radius 1 is 1.33 bits per heavy atom. The van der Waals surface area contributed by atoms with Crippen LogP contribution >= 0.6 is 0 Å². The van der Waals surface area contributed by atoms with Crippen molar-refractivity contribution in [3.05, 3.63) is 35.6 Å². The SMILES string of the molecule is O=C1NC2=CCC=CC=C2C1=O. The van der Waals surface area contributed by atoms with Crippen LogP contribution in [0.1, 0.15) is 6.42 Å². The van der Waals surface area contributed by atoms with Crippen molar-refractivity contribution in [2.75, 3.05) is 0 Å². The standard InChI is InChI=1S/C9H7NO2/c11-8-6-4-2-1-3-5-7(6)10-9(8)12/h1-2,4-5H,3H2,(H,10,12). The number of ketones is 1. The van der Waals surface area contributed by atoms with Crippen LogP contribution in [0.5, 0.6) is 0 Å². The first-order chi connectivity index (χ1) is 5.79. The van der Waals surface area contributed by atoms with Crippen molar-refractivity contribution in [2.45, 2.75) is 6.42 Å². The molecule has 0 saturated carbocycles. The summed E-state index contributed by atoms with van der Waals surface area (Å²) in [6, 6.07) is 0. The number of Topliss-reactive ketones (excluding diaryl/α,β-unsaturated/α-hetero) is 1. The fraction of sp³-hybridized carbons (Fsp3) is 0.111. The smallest absolute Gasteiger partial charge is 0.296 e. The number of hydrogen-bond acceptors (Lipinski definition) is 2. The fourth-order valence-electron chi connectivity index (χ4n) is 1.25. The molecule has 0 aromatic heterocycles. The summed E-state index contributed by atoms with van der Waals surface area (Å²) in [6.07, 6.45) is 7.97. The van der Waals surface area contributed by atoms with Crippen LogP contribution in [0.15, 0.2) is 35.6 Å². The first kappa shape index (κ1) is 7.03. The van der Waals surface area contributed by atoms with Gasteiger partial charge in [-0.05, 0) is 12.5 Å². The maximum absolute atomic E-state index is 11.1. The molecule has 1 aliphatic heterocycles. The molecular weight excluding hydrogens is 154 g/mol. The summed E-state index contributed by atoms with van der Waals surface area (Å²) in [6.45, 7) is 0. The minimum absolute atomic E-state index is 0.437.